The molecule has 4 nitrogen and oxygen atoms in total. The van der Waals surface area contributed by atoms with Crippen LogP contribution in [0.1, 0.15) is 47.5 Å². The minimum Gasteiger partial charge on any atom is -0.494 e. The summed E-state index contributed by atoms with van der Waals surface area (Å²) in [5.41, 5.74) is 0.737. The fourth-order valence-corrected chi connectivity index (χ4v) is 1.71. The highest BCUT2D eigenvalue weighted by Gasteiger charge is 2.21. The van der Waals surface area contributed by atoms with Crippen molar-refractivity contribution in [2.75, 3.05) is 11.9 Å². The van der Waals surface area contributed by atoms with Crippen LogP contribution in [0.3, 0.4) is 0 Å². The van der Waals surface area contributed by atoms with Crippen LogP contribution in [0.15, 0.2) is 24.3 Å². The standard InChI is InChI=1S/C17H28N2O2/c1-6-12-21-15-10-8-14(9-11-15)18-13(3)16(20)19-17(4,5)7-2/h8-11,13,18H,6-7,12H2,1-5H3,(H,19,20). The summed E-state index contributed by atoms with van der Waals surface area (Å²) in [4.78, 5) is 12.1. The second-order valence-electron chi connectivity index (χ2n) is 5.97. The van der Waals surface area contributed by atoms with E-state index < -0.39 is 0 Å². The van der Waals surface area contributed by atoms with E-state index in [1.165, 1.54) is 0 Å². The lowest BCUT2D eigenvalue weighted by molar-refractivity contribution is -0.123. The predicted octanol–water partition coefficient (Wildman–Crippen LogP) is 3.58. The first-order valence-corrected chi connectivity index (χ1v) is 7.69. The minimum atomic E-state index is -0.279. The molecule has 0 saturated carbocycles. The third-order valence-electron chi connectivity index (χ3n) is 3.45. The van der Waals surface area contributed by atoms with Gasteiger partial charge >= 0.3 is 0 Å². The van der Waals surface area contributed by atoms with Gasteiger partial charge in [-0.15, -0.1) is 0 Å². The van der Waals surface area contributed by atoms with Gasteiger partial charge in [-0.25, -0.2) is 0 Å². The highest BCUT2D eigenvalue weighted by atomic mass is 16.5. The van der Waals surface area contributed by atoms with Crippen molar-refractivity contribution in [1.82, 2.24) is 5.32 Å². The van der Waals surface area contributed by atoms with Crippen molar-refractivity contribution in [3.63, 3.8) is 0 Å². The van der Waals surface area contributed by atoms with Crippen molar-refractivity contribution in [2.45, 2.75) is 59.0 Å². The molecule has 1 atom stereocenters. The molecule has 0 aromatic heterocycles. The highest BCUT2D eigenvalue weighted by molar-refractivity contribution is 5.84. The zero-order valence-corrected chi connectivity index (χ0v) is 13.8. The van der Waals surface area contributed by atoms with Gasteiger partial charge in [0.25, 0.3) is 0 Å². The Kier molecular flexibility index (Phi) is 6.53. The van der Waals surface area contributed by atoms with Crippen molar-refractivity contribution in [3.8, 4) is 5.75 Å². The largest absolute Gasteiger partial charge is 0.494 e. The molecule has 0 radical (unpaired) electrons. The van der Waals surface area contributed by atoms with Crippen LogP contribution in [0.2, 0.25) is 0 Å². The van der Waals surface area contributed by atoms with Gasteiger partial charge in [-0.2, -0.15) is 0 Å². The minimum absolute atomic E-state index is 0.00756. The molecule has 1 aromatic rings. The van der Waals surface area contributed by atoms with E-state index in [1.807, 2.05) is 45.0 Å². The Hall–Kier alpha value is -1.71. The molecule has 2 N–H and O–H groups in total. The molecule has 1 amide bonds. The maximum absolute atomic E-state index is 12.1. The maximum atomic E-state index is 12.1. The molecule has 0 bridgehead atoms. The quantitative estimate of drug-likeness (QED) is 0.770. The van der Waals surface area contributed by atoms with Crippen molar-refractivity contribution in [1.29, 1.82) is 0 Å². The van der Waals surface area contributed by atoms with Crippen LogP contribution in [-0.4, -0.2) is 24.1 Å². The summed E-state index contributed by atoms with van der Waals surface area (Å²) < 4.78 is 5.54. The molecule has 0 aliphatic heterocycles. The Morgan fingerprint density at radius 3 is 2.38 bits per heavy atom. The topological polar surface area (TPSA) is 50.4 Å². The summed E-state index contributed by atoms with van der Waals surface area (Å²) in [5.74, 6) is 0.861. The lowest BCUT2D eigenvalue weighted by atomic mass is 10.0. The van der Waals surface area contributed by atoms with Crippen LogP contribution in [-0.2, 0) is 4.79 Å². The summed E-state index contributed by atoms with van der Waals surface area (Å²) in [6.07, 6.45) is 1.89. The van der Waals surface area contributed by atoms with Crippen LogP contribution in [0.25, 0.3) is 0 Å². The van der Waals surface area contributed by atoms with E-state index in [0.29, 0.717) is 0 Å². The molecule has 1 unspecified atom stereocenters. The molecule has 0 fully saturated rings. The lowest BCUT2D eigenvalue weighted by Crippen LogP contribution is -2.48. The van der Waals surface area contributed by atoms with Gasteiger partial charge in [0.1, 0.15) is 11.8 Å². The first-order chi connectivity index (χ1) is 9.88. The lowest BCUT2D eigenvalue weighted by Gasteiger charge is -2.27. The van der Waals surface area contributed by atoms with Crippen LogP contribution in [0, 0.1) is 0 Å². The number of hydrogen-bond acceptors (Lipinski definition) is 3. The Bertz CT molecular complexity index is 441. The van der Waals surface area contributed by atoms with Crippen LogP contribution in [0.4, 0.5) is 5.69 Å². The van der Waals surface area contributed by atoms with E-state index in [4.69, 9.17) is 4.74 Å². The second kappa shape index (κ2) is 7.91. The van der Waals surface area contributed by atoms with Crippen molar-refractivity contribution >= 4 is 11.6 Å². The monoisotopic (exact) mass is 292 g/mol. The van der Waals surface area contributed by atoms with Gasteiger partial charge in [0, 0.05) is 11.2 Å². The third-order valence-corrected chi connectivity index (χ3v) is 3.45. The van der Waals surface area contributed by atoms with E-state index in [2.05, 4.69) is 24.5 Å². The molecule has 118 valence electrons. The highest BCUT2D eigenvalue weighted by Crippen LogP contribution is 2.17. The van der Waals surface area contributed by atoms with Crippen molar-refractivity contribution in [2.24, 2.45) is 0 Å². The van der Waals surface area contributed by atoms with E-state index in [9.17, 15) is 4.79 Å². The fraction of sp³-hybridized carbons (Fsp3) is 0.588. The predicted molar refractivity (Wildman–Crippen MR) is 87.8 cm³/mol. The number of carbonyl (C=O) groups excluding carboxylic acids is 1. The average molecular weight is 292 g/mol. The maximum Gasteiger partial charge on any atom is 0.242 e. The van der Waals surface area contributed by atoms with Crippen molar-refractivity contribution in [3.05, 3.63) is 24.3 Å². The summed E-state index contributed by atoms with van der Waals surface area (Å²) in [7, 11) is 0. The second-order valence-corrected chi connectivity index (χ2v) is 5.97. The van der Waals surface area contributed by atoms with Crippen LogP contribution in [0.5, 0.6) is 5.75 Å². The van der Waals surface area contributed by atoms with Crippen molar-refractivity contribution < 1.29 is 9.53 Å². The number of amides is 1. The van der Waals surface area contributed by atoms with Gasteiger partial charge in [-0.3, -0.25) is 4.79 Å². The van der Waals surface area contributed by atoms with E-state index in [-0.39, 0.29) is 17.5 Å². The fourth-order valence-electron chi connectivity index (χ4n) is 1.71. The van der Waals surface area contributed by atoms with E-state index >= 15 is 0 Å². The summed E-state index contributed by atoms with van der Waals surface area (Å²) in [5, 5.41) is 6.24. The smallest absolute Gasteiger partial charge is 0.242 e. The number of benzene rings is 1. The molecule has 0 spiro atoms. The molecule has 0 heterocycles. The molecule has 21 heavy (non-hydrogen) atoms. The number of hydrogen-bond donors (Lipinski definition) is 2. The number of carbonyl (C=O) groups is 1. The first-order valence-electron chi connectivity index (χ1n) is 7.69. The van der Waals surface area contributed by atoms with Gasteiger partial charge in [0.05, 0.1) is 6.61 Å². The van der Waals surface area contributed by atoms with Gasteiger partial charge in [0.2, 0.25) is 5.91 Å². The molecule has 1 rings (SSSR count). The van der Waals surface area contributed by atoms with E-state index in [1.54, 1.807) is 0 Å². The summed E-state index contributed by atoms with van der Waals surface area (Å²) in [6, 6.07) is 7.41. The first kappa shape index (κ1) is 17.3. The molecule has 0 aliphatic carbocycles. The van der Waals surface area contributed by atoms with Gasteiger partial charge in [-0.05, 0) is 57.9 Å². The summed E-state index contributed by atoms with van der Waals surface area (Å²) in [6.45, 7) is 10.8. The van der Waals surface area contributed by atoms with E-state index in [0.717, 1.165) is 30.9 Å². The molecule has 0 saturated heterocycles. The third kappa shape index (κ3) is 6.06. The zero-order valence-electron chi connectivity index (χ0n) is 13.8. The molecule has 0 aliphatic rings. The Labute approximate surface area is 128 Å². The van der Waals surface area contributed by atoms with Gasteiger partial charge in [-0.1, -0.05) is 13.8 Å². The molecular weight excluding hydrogens is 264 g/mol. The number of rotatable bonds is 8. The molecule has 1 aromatic carbocycles. The Morgan fingerprint density at radius 2 is 1.86 bits per heavy atom. The molecular formula is C17H28N2O2. The number of nitrogens with one attached hydrogen (secondary N) is 2. The number of ether oxygens (including phenoxy) is 1. The van der Waals surface area contributed by atoms with Crippen LogP contribution < -0.4 is 15.4 Å². The van der Waals surface area contributed by atoms with Gasteiger partial charge in [0.15, 0.2) is 0 Å². The summed E-state index contributed by atoms with van der Waals surface area (Å²) >= 11 is 0. The normalized spacial score (nSPS) is 12.6. The Morgan fingerprint density at radius 1 is 1.24 bits per heavy atom. The van der Waals surface area contributed by atoms with Crippen LogP contribution >= 0.6 is 0 Å². The average Bonchev–Trinajstić information content (AvgIpc) is 2.46. The SMILES string of the molecule is CCCOc1ccc(NC(C)C(=O)NC(C)(C)CC)cc1. The Balaban J connectivity index is 2.54. The molecule has 4 heteroatoms. The number of anilines is 1. The zero-order chi connectivity index (χ0) is 15.9. The van der Waals surface area contributed by atoms with Gasteiger partial charge < -0.3 is 15.4 Å².